The van der Waals surface area contributed by atoms with Crippen LogP contribution in [0.1, 0.15) is 24.0 Å². The molecule has 3 nitrogen and oxygen atoms in total. The summed E-state index contributed by atoms with van der Waals surface area (Å²) in [7, 11) is 1.72. The van der Waals surface area contributed by atoms with Gasteiger partial charge in [-0.1, -0.05) is 60.7 Å². The van der Waals surface area contributed by atoms with E-state index in [0.717, 1.165) is 30.5 Å². The zero-order chi connectivity index (χ0) is 15.4. The molecule has 2 atom stereocenters. The Morgan fingerprint density at radius 2 is 1.55 bits per heavy atom. The smallest absolute Gasteiger partial charge is 0.132 e. The lowest BCUT2D eigenvalue weighted by Gasteiger charge is -2.43. The number of piperidine rings is 1. The number of rotatable bonds is 4. The first-order valence-corrected chi connectivity index (χ1v) is 7.86. The minimum atomic E-state index is -1.11. The molecule has 0 amide bonds. The van der Waals surface area contributed by atoms with Crippen molar-refractivity contribution in [1.82, 2.24) is 5.32 Å². The number of hydrogen-bond acceptors (Lipinski definition) is 3. The van der Waals surface area contributed by atoms with Gasteiger partial charge in [0.15, 0.2) is 0 Å². The molecule has 2 aromatic carbocycles. The van der Waals surface area contributed by atoms with Crippen LogP contribution in [0.3, 0.4) is 0 Å². The zero-order valence-electron chi connectivity index (χ0n) is 12.9. The van der Waals surface area contributed by atoms with Crippen LogP contribution in [0.25, 0.3) is 0 Å². The second kappa shape index (κ2) is 6.61. The lowest BCUT2D eigenvalue weighted by molar-refractivity contribution is -0.0525. The third-order valence-electron chi connectivity index (χ3n) is 4.58. The molecule has 0 aromatic heterocycles. The summed E-state index contributed by atoms with van der Waals surface area (Å²) >= 11 is 0. The Labute approximate surface area is 131 Å². The van der Waals surface area contributed by atoms with E-state index in [2.05, 4.69) is 5.32 Å². The van der Waals surface area contributed by atoms with Crippen LogP contribution in [0.5, 0.6) is 0 Å². The summed E-state index contributed by atoms with van der Waals surface area (Å²) < 4.78 is 5.67. The quantitative estimate of drug-likeness (QED) is 0.911. The second-order valence-electron chi connectivity index (χ2n) is 5.85. The van der Waals surface area contributed by atoms with Crippen molar-refractivity contribution in [3.8, 4) is 0 Å². The fourth-order valence-electron chi connectivity index (χ4n) is 3.44. The number of aliphatic hydroxyl groups is 1. The molecule has 0 saturated carbocycles. The summed E-state index contributed by atoms with van der Waals surface area (Å²) in [6.45, 7) is 0.895. The van der Waals surface area contributed by atoms with Crippen LogP contribution in [0.2, 0.25) is 0 Å². The van der Waals surface area contributed by atoms with Crippen LogP contribution in [0, 0.1) is 0 Å². The molecule has 3 heteroatoms. The predicted molar refractivity (Wildman–Crippen MR) is 87.7 cm³/mol. The largest absolute Gasteiger partial charge is 0.380 e. The van der Waals surface area contributed by atoms with Gasteiger partial charge in [-0.25, -0.2) is 0 Å². The molecule has 116 valence electrons. The minimum absolute atomic E-state index is 0.0147. The Hall–Kier alpha value is -1.68. The van der Waals surface area contributed by atoms with Gasteiger partial charge in [0.2, 0.25) is 0 Å². The first-order valence-electron chi connectivity index (χ1n) is 7.86. The van der Waals surface area contributed by atoms with Crippen molar-refractivity contribution in [3.63, 3.8) is 0 Å². The summed E-state index contributed by atoms with van der Waals surface area (Å²) in [5.74, 6) is 0. The molecule has 3 rings (SSSR count). The van der Waals surface area contributed by atoms with Crippen LogP contribution in [0.4, 0.5) is 0 Å². The Morgan fingerprint density at radius 3 is 2.05 bits per heavy atom. The lowest BCUT2D eigenvalue weighted by Crippen LogP contribution is -2.58. The number of benzene rings is 2. The van der Waals surface area contributed by atoms with Gasteiger partial charge in [-0.15, -0.1) is 0 Å². The highest BCUT2D eigenvalue weighted by molar-refractivity contribution is 5.38. The Kier molecular flexibility index (Phi) is 4.57. The number of hydrogen-bond donors (Lipinski definition) is 2. The average Bonchev–Trinajstić information content (AvgIpc) is 2.62. The Bertz CT molecular complexity index is 545. The molecule has 0 bridgehead atoms. The van der Waals surface area contributed by atoms with E-state index < -0.39 is 5.60 Å². The normalized spacial score (nSPS) is 22.5. The fraction of sp³-hybridized carbons (Fsp3) is 0.368. The molecule has 1 aliphatic heterocycles. The maximum atomic E-state index is 11.7. The molecular weight excluding hydrogens is 274 g/mol. The van der Waals surface area contributed by atoms with Crippen molar-refractivity contribution in [1.29, 1.82) is 0 Å². The van der Waals surface area contributed by atoms with Crippen molar-refractivity contribution in [2.24, 2.45) is 0 Å². The van der Waals surface area contributed by atoms with Gasteiger partial charge >= 0.3 is 0 Å². The first-order chi connectivity index (χ1) is 10.8. The summed E-state index contributed by atoms with van der Waals surface area (Å²) in [5, 5.41) is 15.2. The van der Waals surface area contributed by atoms with Crippen LogP contribution in [-0.4, -0.2) is 30.9 Å². The maximum absolute atomic E-state index is 11.7. The Balaban J connectivity index is 2.11. The SMILES string of the molecule is CO[C@H]1CCCN[C@H]1C(O)(c1ccccc1)c1ccccc1. The topological polar surface area (TPSA) is 41.5 Å². The van der Waals surface area contributed by atoms with Gasteiger partial charge in [0.1, 0.15) is 5.60 Å². The van der Waals surface area contributed by atoms with Gasteiger partial charge in [-0.05, 0) is 30.5 Å². The van der Waals surface area contributed by atoms with Crippen LogP contribution >= 0.6 is 0 Å². The average molecular weight is 297 g/mol. The fourth-order valence-corrected chi connectivity index (χ4v) is 3.44. The van der Waals surface area contributed by atoms with Crippen molar-refractivity contribution in [3.05, 3.63) is 71.8 Å². The number of nitrogens with one attached hydrogen (secondary N) is 1. The molecule has 1 fully saturated rings. The maximum Gasteiger partial charge on any atom is 0.132 e. The first kappa shape index (κ1) is 15.2. The molecule has 0 spiro atoms. The van der Waals surface area contributed by atoms with Gasteiger partial charge in [-0.3, -0.25) is 0 Å². The monoisotopic (exact) mass is 297 g/mol. The number of ether oxygens (including phenoxy) is 1. The molecule has 0 unspecified atom stereocenters. The van der Waals surface area contributed by atoms with E-state index in [9.17, 15) is 5.11 Å². The molecule has 2 N–H and O–H groups in total. The molecule has 1 saturated heterocycles. The summed E-state index contributed by atoms with van der Waals surface area (Å²) in [6, 6.07) is 19.6. The van der Waals surface area contributed by atoms with Crippen molar-refractivity contribution >= 4 is 0 Å². The molecule has 22 heavy (non-hydrogen) atoms. The van der Waals surface area contributed by atoms with E-state index in [1.807, 2.05) is 60.7 Å². The van der Waals surface area contributed by atoms with Gasteiger partial charge in [0.25, 0.3) is 0 Å². The summed E-state index contributed by atoms with van der Waals surface area (Å²) in [5.41, 5.74) is 0.675. The van der Waals surface area contributed by atoms with E-state index in [0.29, 0.717) is 0 Å². The predicted octanol–water partition coefficient (Wildman–Crippen LogP) is 2.69. The van der Waals surface area contributed by atoms with Crippen molar-refractivity contribution < 1.29 is 9.84 Å². The summed E-state index contributed by atoms with van der Waals surface area (Å²) in [4.78, 5) is 0. The van der Waals surface area contributed by atoms with E-state index in [4.69, 9.17) is 4.74 Å². The standard InChI is InChI=1S/C19H23NO2/c1-22-17-13-8-14-20-18(17)19(21,15-9-4-2-5-10-15)16-11-6-3-7-12-16/h2-7,9-12,17-18,20-21H,8,13-14H2,1H3/t17-,18+/m0/s1. The highest BCUT2D eigenvalue weighted by Crippen LogP contribution is 2.37. The minimum Gasteiger partial charge on any atom is -0.380 e. The van der Waals surface area contributed by atoms with Crippen LogP contribution in [0.15, 0.2) is 60.7 Å². The van der Waals surface area contributed by atoms with Crippen LogP contribution < -0.4 is 5.32 Å². The van der Waals surface area contributed by atoms with Crippen molar-refractivity contribution in [2.45, 2.75) is 30.6 Å². The van der Waals surface area contributed by atoms with Crippen LogP contribution in [-0.2, 0) is 10.3 Å². The van der Waals surface area contributed by atoms with E-state index in [1.165, 1.54) is 0 Å². The van der Waals surface area contributed by atoms with E-state index >= 15 is 0 Å². The summed E-state index contributed by atoms with van der Waals surface area (Å²) in [6.07, 6.45) is 2.00. The third kappa shape index (κ3) is 2.68. The van der Waals surface area contributed by atoms with Gasteiger partial charge in [0, 0.05) is 7.11 Å². The van der Waals surface area contributed by atoms with E-state index in [-0.39, 0.29) is 12.1 Å². The molecule has 2 aromatic rings. The highest BCUT2D eigenvalue weighted by Gasteiger charge is 2.45. The molecule has 1 aliphatic rings. The van der Waals surface area contributed by atoms with Gasteiger partial charge in [-0.2, -0.15) is 0 Å². The number of methoxy groups -OCH3 is 1. The zero-order valence-corrected chi connectivity index (χ0v) is 12.9. The molecule has 0 aliphatic carbocycles. The lowest BCUT2D eigenvalue weighted by atomic mass is 9.76. The molecular formula is C19H23NO2. The van der Waals surface area contributed by atoms with Gasteiger partial charge < -0.3 is 15.2 Å². The van der Waals surface area contributed by atoms with Gasteiger partial charge in [0.05, 0.1) is 12.1 Å². The third-order valence-corrected chi connectivity index (χ3v) is 4.58. The molecule has 1 heterocycles. The Morgan fingerprint density at radius 1 is 1.00 bits per heavy atom. The molecule has 0 radical (unpaired) electrons. The second-order valence-corrected chi connectivity index (χ2v) is 5.85. The highest BCUT2D eigenvalue weighted by atomic mass is 16.5. The van der Waals surface area contributed by atoms with Crippen molar-refractivity contribution in [2.75, 3.05) is 13.7 Å². The van der Waals surface area contributed by atoms with E-state index in [1.54, 1.807) is 7.11 Å².